The van der Waals surface area contributed by atoms with Gasteiger partial charge in [0.05, 0.1) is 0 Å². The molecule has 0 saturated carbocycles. The first-order valence-corrected chi connectivity index (χ1v) is 14.7. The molecule has 8 aromatic rings. The number of benzene rings is 6. The van der Waals surface area contributed by atoms with Crippen molar-refractivity contribution in [1.29, 1.82) is 0 Å². The Balaban J connectivity index is 1.77. The maximum atomic E-state index is 2.49. The molecule has 0 fully saturated rings. The van der Waals surface area contributed by atoms with E-state index in [9.17, 15) is 0 Å². The van der Waals surface area contributed by atoms with Crippen LogP contribution in [-0.2, 0) is 0 Å². The molecule has 0 bridgehead atoms. The third-order valence-corrected chi connectivity index (χ3v) is 10.00. The van der Waals surface area contributed by atoms with Crippen molar-refractivity contribution >= 4 is 77.1 Å². The Morgan fingerprint density at radius 3 is 1.55 bits per heavy atom. The van der Waals surface area contributed by atoms with Gasteiger partial charge in [-0.3, -0.25) is 0 Å². The average molecular weight is 549 g/mol. The Morgan fingerprint density at radius 2 is 0.842 bits per heavy atom. The third kappa shape index (κ3) is 3.25. The van der Waals surface area contributed by atoms with Gasteiger partial charge in [0.25, 0.3) is 0 Å². The number of para-hydroxylation sites is 3. The predicted molar refractivity (Wildman–Crippen MR) is 165 cm³/mol. The van der Waals surface area contributed by atoms with Gasteiger partial charge in [0.1, 0.15) is 0 Å². The maximum absolute atomic E-state index is 2.49. The Morgan fingerprint density at radius 1 is 0.342 bits per heavy atom. The predicted octanol–water partition coefficient (Wildman–Crippen LogP) is 9.58. The van der Waals surface area contributed by atoms with E-state index in [0.29, 0.717) is 14.5 Å². The zero-order valence-electron chi connectivity index (χ0n) is 20.6. The quantitative estimate of drug-likeness (QED) is 0.180. The summed E-state index contributed by atoms with van der Waals surface area (Å²) in [6, 6.07) is 51.3. The number of fused-ring (bicyclic) bond motifs is 10. The molecule has 8 rings (SSSR count). The number of hydrogen-bond acceptors (Lipinski definition) is 0. The SMILES string of the molecule is c1ccc(-n2c3ccccc3c3ccccc3c3cc4[se]c5ccccc5c4cc3c3ccccc32)cc1. The second kappa shape index (κ2) is 8.60. The molecule has 0 aliphatic rings. The van der Waals surface area contributed by atoms with Gasteiger partial charge in [0.2, 0.25) is 0 Å². The molecule has 0 amide bonds. The van der Waals surface area contributed by atoms with E-state index in [-0.39, 0.29) is 0 Å². The summed E-state index contributed by atoms with van der Waals surface area (Å²) in [4.78, 5) is 0. The van der Waals surface area contributed by atoms with Crippen molar-refractivity contribution in [1.82, 2.24) is 4.57 Å². The van der Waals surface area contributed by atoms with Crippen molar-refractivity contribution in [2.75, 3.05) is 0 Å². The van der Waals surface area contributed by atoms with Crippen LogP contribution in [0.15, 0.2) is 140 Å². The molecule has 0 aliphatic heterocycles. The van der Waals surface area contributed by atoms with E-state index in [1.165, 1.54) is 62.6 Å². The molecule has 0 aliphatic carbocycles. The van der Waals surface area contributed by atoms with Gasteiger partial charge in [-0.25, -0.2) is 0 Å². The fourth-order valence-electron chi connectivity index (χ4n) is 5.95. The first kappa shape index (κ1) is 21.7. The van der Waals surface area contributed by atoms with Gasteiger partial charge in [-0.05, 0) is 0 Å². The van der Waals surface area contributed by atoms with Crippen LogP contribution in [0.5, 0.6) is 0 Å². The third-order valence-electron chi connectivity index (χ3n) is 7.62. The molecule has 0 N–H and O–H groups in total. The van der Waals surface area contributed by atoms with Gasteiger partial charge in [-0.2, -0.15) is 0 Å². The summed E-state index contributed by atoms with van der Waals surface area (Å²) in [5, 5.41) is 10.4. The molecule has 2 heterocycles. The van der Waals surface area contributed by atoms with Gasteiger partial charge in [0.15, 0.2) is 0 Å². The van der Waals surface area contributed by atoms with Crippen LogP contribution >= 0.6 is 0 Å². The van der Waals surface area contributed by atoms with E-state index < -0.39 is 0 Å². The molecule has 6 aromatic carbocycles. The van der Waals surface area contributed by atoms with Crippen LogP contribution in [0, 0.1) is 0 Å². The van der Waals surface area contributed by atoms with E-state index in [0.717, 1.165) is 5.69 Å². The van der Waals surface area contributed by atoms with Gasteiger partial charge in [-0.15, -0.1) is 0 Å². The molecule has 0 radical (unpaired) electrons. The summed E-state index contributed by atoms with van der Waals surface area (Å²) in [6.07, 6.45) is 0. The summed E-state index contributed by atoms with van der Waals surface area (Å²) in [5.41, 5.74) is 3.54. The minimum absolute atomic E-state index is 0.307. The van der Waals surface area contributed by atoms with Crippen molar-refractivity contribution in [3.8, 4) is 5.69 Å². The standard InChI is InChI=1S/C36H23NSe/c1-2-12-24(13-3-1)37-33-19-9-6-16-27(33)25-14-4-5-15-26(25)31-23-36-32(29-18-8-11-21-35(29)38-36)22-30(31)28-17-7-10-20-34(28)37/h1-23H. The van der Waals surface area contributed by atoms with Gasteiger partial charge in [-0.1, -0.05) is 0 Å². The monoisotopic (exact) mass is 549 g/mol. The Hall–Kier alpha value is -4.36. The van der Waals surface area contributed by atoms with Crippen molar-refractivity contribution in [2.24, 2.45) is 0 Å². The first-order valence-electron chi connectivity index (χ1n) is 13.0. The molecule has 0 atom stereocenters. The van der Waals surface area contributed by atoms with Crippen LogP contribution in [0.3, 0.4) is 0 Å². The van der Waals surface area contributed by atoms with Gasteiger partial charge < -0.3 is 0 Å². The first-order chi connectivity index (χ1) is 18.9. The second-order valence-electron chi connectivity index (χ2n) is 9.74. The molecule has 0 unspecified atom stereocenters. The Labute approximate surface area is 226 Å². The van der Waals surface area contributed by atoms with Crippen molar-refractivity contribution in [2.45, 2.75) is 0 Å². The second-order valence-corrected chi connectivity index (χ2v) is 12.0. The summed E-state index contributed by atoms with van der Waals surface area (Å²) in [5.74, 6) is 0. The molecule has 2 aromatic heterocycles. The Kier molecular flexibility index (Phi) is 4.91. The van der Waals surface area contributed by atoms with E-state index >= 15 is 0 Å². The van der Waals surface area contributed by atoms with Gasteiger partial charge >= 0.3 is 227 Å². The molecule has 1 nitrogen and oxygen atoms in total. The van der Waals surface area contributed by atoms with E-state index in [2.05, 4.69) is 144 Å². The van der Waals surface area contributed by atoms with Crippen molar-refractivity contribution in [3.05, 3.63) is 140 Å². The van der Waals surface area contributed by atoms with E-state index in [1.807, 2.05) is 0 Å². The molecule has 2 heteroatoms. The van der Waals surface area contributed by atoms with Gasteiger partial charge in [0, 0.05) is 0 Å². The molecule has 178 valence electrons. The van der Waals surface area contributed by atoms with Crippen LogP contribution in [0.2, 0.25) is 0 Å². The topological polar surface area (TPSA) is 4.93 Å². The van der Waals surface area contributed by atoms with Crippen LogP contribution in [0.25, 0.3) is 68.3 Å². The molecule has 0 saturated heterocycles. The van der Waals surface area contributed by atoms with Crippen molar-refractivity contribution < 1.29 is 0 Å². The molecular weight excluding hydrogens is 525 g/mol. The van der Waals surface area contributed by atoms with Crippen LogP contribution in [0.4, 0.5) is 0 Å². The van der Waals surface area contributed by atoms with E-state index in [1.54, 1.807) is 0 Å². The number of nitrogens with zero attached hydrogens (tertiary/aromatic N) is 1. The van der Waals surface area contributed by atoms with E-state index in [4.69, 9.17) is 0 Å². The van der Waals surface area contributed by atoms with Crippen molar-refractivity contribution in [3.63, 3.8) is 0 Å². The fourth-order valence-corrected chi connectivity index (χ4v) is 8.31. The summed E-state index contributed by atoms with van der Waals surface area (Å²) in [6.45, 7) is 0. The summed E-state index contributed by atoms with van der Waals surface area (Å²) < 4.78 is 5.38. The van der Waals surface area contributed by atoms with Crippen LogP contribution in [-0.4, -0.2) is 19.1 Å². The van der Waals surface area contributed by atoms with Crippen LogP contribution in [0.1, 0.15) is 0 Å². The Bertz CT molecular complexity index is 2230. The summed E-state index contributed by atoms with van der Waals surface area (Å²) >= 11 is 0.307. The molecular formula is C36H23NSe. The summed E-state index contributed by atoms with van der Waals surface area (Å²) in [7, 11) is 0. The molecule has 0 spiro atoms. The average Bonchev–Trinajstić information content (AvgIpc) is 3.36. The normalized spacial score (nSPS) is 11.7. The number of hydrogen-bond donors (Lipinski definition) is 0. The fraction of sp³-hybridized carbons (Fsp3) is 0. The minimum atomic E-state index is 0.307. The van der Waals surface area contributed by atoms with Crippen LogP contribution < -0.4 is 0 Å². The zero-order valence-corrected chi connectivity index (χ0v) is 22.3. The number of aromatic nitrogens is 1. The molecule has 38 heavy (non-hydrogen) atoms. The number of rotatable bonds is 1. The zero-order chi connectivity index (χ0) is 25.1.